The van der Waals surface area contributed by atoms with E-state index >= 15 is 0 Å². The Bertz CT molecular complexity index is 1300. The number of piperidine rings is 1. The second-order valence-corrected chi connectivity index (χ2v) is 33.3. The van der Waals surface area contributed by atoms with E-state index in [-0.39, 0.29) is 33.4 Å². The number of nitrogens with zero attached hydrogens (tertiary/aromatic N) is 4. The number of imidazole rings is 1. The van der Waals surface area contributed by atoms with E-state index in [4.69, 9.17) is 13.3 Å². The highest BCUT2D eigenvalue weighted by atomic mass is 28.4. The summed E-state index contributed by atoms with van der Waals surface area (Å²) in [4.78, 5) is 18.9. The van der Waals surface area contributed by atoms with Crippen molar-refractivity contribution in [2.45, 2.75) is 168 Å². The van der Waals surface area contributed by atoms with Crippen LogP contribution >= 0.6 is 0 Å². The summed E-state index contributed by atoms with van der Waals surface area (Å²) in [7, 11) is -6.15. The second kappa shape index (κ2) is 15.6. The summed E-state index contributed by atoms with van der Waals surface area (Å²) in [5, 5.41) is 3.76. The summed E-state index contributed by atoms with van der Waals surface area (Å²) in [6, 6.07) is 0.162. The fraction of sp³-hybridized carbons (Fsp3) is 0.861. The molecule has 2 aromatic rings. The predicted molar refractivity (Wildman–Crippen MR) is 210 cm³/mol. The van der Waals surface area contributed by atoms with Crippen LogP contribution in [0.2, 0.25) is 54.4 Å². The standard InChI is InChI=1S/C36H72N6O3Si3/c1-27-24-42(22-20-18-17-19-21-37-33-38-23-28-32(41-33)40-26-39-28)29(25-43-46(11,12)34(2,3)4)31(45-48(15,16)36(8,9)10)30(27)44-47(13,14)35(5,6)7/h23,26-27,29-31H,17-22,24-25H2,1-16H3,(H2,37,38,39,40,41)/t27-,29+,30+,31+/m0/s1. The van der Waals surface area contributed by atoms with Gasteiger partial charge < -0.3 is 23.6 Å². The molecule has 12 heteroatoms. The molecule has 0 saturated carbocycles. The number of rotatable bonds is 15. The zero-order chi connectivity index (χ0) is 36.3. The van der Waals surface area contributed by atoms with Crippen LogP contribution in [0.15, 0.2) is 12.5 Å². The van der Waals surface area contributed by atoms with Gasteiger partial charge in [0.05, 0.1) is 37.4 Å². The minimum atomic E-state index is -2.12. The van der Waals surface area contributed by atoms with Gasteiger partial charge in [0.15, 0.2) is 30.6 Å². The van der Waals surface area contributed by atoms with E-state index in [1.807, 2.05) is 0 Å². The maximum Gasteiger partial charge on any atom is 0.224 e. The molecular weight excluding hydrogens is 649 g/mol. The van der Waals surface area contributed by atoms with Crippen LogP contribution in [0.4, 0.5) is 5.95 Å². The molecule has 3 heterocycles. The van der Waals surface area contributed by atoms with E-state index in [2.05, 4.69) is 139 Å². The number of fused-ring (bicyclic) bond motifs is 1. The van der Waals surface area contributed by atoms with Crippen LogP contribution in [0.25, 0.3) is 11.2 Å². The van der Waals surface area contributed by atoms with Crippen molar-refractivity contribution in [1.82, 2.24) is 24.8 Å². The fourth-order valence-corrected chi connectivity index (χ4v) is 9.25. The Morgan fingerprint density at radius 3 is 1.94 bits per heavy atom. The van der Waals surface area contributed by atoms with Gasteiger partial charge in [0.25, 0.3) is 0 Å². The number of nitrogens with one attached hydrogen (secondary N) is 2. The first-order chi connectivity index (χ1) is 21.9. The van der Waals surface area contributed by atoms with Gasteiger partial charge >= 0.3 is 0 Å². The Morgan fingerprint density at radius 2 is 1.35 bits per heavy atom. The number of hydrogen-bond donors (Lipinski definition) is 2. The second-order valence-electron chi connectivity index (χ2n) is 19.0. The highest BCUT2D eigenvalue weighted by Gasteiger charge is 2.52. The number of hydrogen-bond acceptors (Lipinski definition) is 8. The van der Waals surface area contributed by atoms with Gasteiger partial charge in [-0.25, -0.2) is 9.97 Å². The highest BCUT2D eigenvalue weighted by Crippen LogP contribution is 2.44. The molecule has 0 radical (unpaired) electrons. The van der Waals surface area contributed by atoms with Crippen molar-refractivity contribution in [3.63, 3.8) is 0 Å². The molecule has 1 aliphatic heterocycles. The van der Waals surface area contributed by atoms with Crippen molar-refractivity contribution in [3.8, 4) is 0 Å². The third kappa shape index (κ3) is 10.4. The molecule has 3 rings (SSSR count). The average molecular weight is 721 g/mol. The van der Waals surface area contributed by atoms with E-state index < -0.39 is 25.0 Å². The van der Waals surface area contributed by atoms with Crippen LogP contribution in [-0.4, -0.2) is 94.3 Å². The molecule has 9 nitrogen and oxygen atoms in total. The topological polar surface area (TPSA) is 97.4 Å². The van der Waals surface area contributed by atoms with E-state index in [0.29, 0.717) is 24.1 Å². The Balaban J connectivity index is 1.77. The van der Waals surface area contributed by atoms with Crippen molar-refractivity contribution in [1.29, 1.82) is 0 Å². The zero-order valence-corrected chi connectivity index (χ0v) is 36.6. The molecule has 0 aliphatic carbocycles. The summed E-state index contributed by atoms with van der Waals surface area (Å²) < 4.78 is 21.9. The molecule has 2 aromatic heterocycles. The van der Waals surface area contributed by atoms with Crippen LogP contribution in [-0.2, 0) is 13.3 Å². The number of aromatic nitrogens is 4. The molecule has 276 valence electrons. The molecule has 4 atom stereocenters. The summed E-state index contributed by atoms with van der Waals surface area (Å²) >= 11 is 0. The monoisotopic (exact) mass is 720 g/mol. The Labute approximate surface area is 296 Å². The third-order valence-electron chi connectivity index (χ3n) is 12.0. The lowest BCUT2D eigenvalue weighted by atomic mass is 9.88. The molecule has 0 unspecified atom stereocenters. The highest BCUT2D eigenvalue weighted by molar-refractivity contribution is 6.75. The summed E-state index contributed by atoms with van der Waals surface area (Å²) in [5.41, 5.74) is 1.55. The van der Waals surface area contributed by atoms with E-state index in [1.54, 1.807) is 12.5 Å². The quantitative estimate of drug-likeness (QED) is 0.139. The molecule has 0 amide bonds. The average Bonchev–Trinajstić information content (AvgIpc) is 3.40. The Hall–Kier alpha value is -1.16. The number of H-pyrrole nitrogens is 1. The van der Waals surface area contributed by atoms with Crippen LogP contribution in [0, 0.1) is 5.92 Å². The van der Waals surface area contributed by atoms with Crippen LogP contribution in [0.1, 0.15) is 94.9 Å². The Morgan fingerprint density at radius 1 is 0.792 bits per heavy atom. The lowest BCUT2D eigenvalue weighted by Crippen LogP contribution is -2.66. The summed E-state index contributed by atoms with van der Waals surface area (Å²) in [6.07, 6.45) is 8.04. The zero-order valence-electron chi connectivity index (χ0n) is 33.6. The first-order valence-electron chi connectivity index (χ1n) is 18.5. The summed E-state index contributed by atoms with van der Waals surface area (Å²) in [6.45, 7) is 41.5. The van der Waals surface area contributed by atoms with Crippen molar-refractivity contribution in [3.05, 3.63) is 12.5 Å². The minimum Gasteiger partial charge on any atom is -0.415 e. The smallest absolute Gasteiger partial charge is 0.224 e. The van der Waals surface area contributed by atoms with Gasteiger partial charge in [0, 0.05) is 13.1 Å². The van der Waals surface area contributed by atoms with Crippen LogP contribution in [0.5, 0.6) is 0 Å². The first-order valence-corrected chi connectivity index (χ1v) is 27.2. The number of likely N-dealkylation sites (tertiary alicyclic amines) is 1. The lowest BCUT2D eigenvalue weighted by molar-refractivity contribution is -0.101. The maximum atomic E-state index is 7.50. The largest absolute Gasteiger partial charge is 0.415 e. The number of aromatic amines is 1. The van der Waals surface area contributed by atoms with Gasteiger partial charge in [0.2, 0.25) is 5.95 Å². The Kier molecular flexibility index (Phi) is 13.4. The van der Waals surface area contributed by atoms with Gasteiger partial charge in [0.1, 0.15) is 5.52 Å². The SMILES string of the molecule is C[C@H]1CN(CCCCCCNc2ncc3[nH]cnc3n2)[C@H](CO[Si](C)(C)C(C)(C)C)[C@@H](O[Si](C)(C)C(C)(C)C)[C@@H]1O[Si](C)(C)C(C)(C)C. The molecule has 0 bridgehead atoms. The molecule has 2 N–H and O–H groups in total. The van der Waals surface area contributed by atoms with Crippen molar-refractivity contribution in [2.24, 2.45) is 5.92 Å². The van der Waals surface area contributed by atoms with Crippen molar-refractivity contribution < 1.29 is 13.3 Å². The molecule has 0 aromatic carbocycles. The van der Waals surface area contributed by atoms with E-state index in [0.717, 1.165) is 44.4 Å². The van der Waals surface area contributed by atoms with Gasteiger partial charge in [-0.15, -0.1) is 0 Å². The third-order valence-corrected chi connectivity index (χ3v) is 25.4. The molecule has 1 saturated heterocycles. The van der Waals surface area contributed by atoms with Gasteiger partial charge in [-0.2, -0.15) is 4.98 Å². The molecule has 0 spiro atoms. The van der Waals surface area contributed by atoms with Gasteiger partial charge in [-0.3, -0.25) is 4.90 Å². The number of unbranched alkanes of at least 4 members (excludes halogenated alkanes) is 3. The van der Waals surface area contributed by atoms with Crippen molar-refractivity contribution in [2.75, 3.05) is 31.6 Å². The molecular formula is C36H72N6O3Si3. The van der Waals surface area contributed by atoms with E-state index in [1.165, 1.54) is 6.42 Å². The normalized spacial score (nSPS) is 22.4. The van der Waals surface area contributed by atoms with Crippen LogP contribution < -0.4 is 5.32 Å². The molecule has 48 heavy (non-hydrogen) atoms. The van der Waals surface area contributed by atoms with Gasteiger partial charge in [-0.1, -0.05) is 82.1 Å². The van der Waals surface area contributed by atoms with Crippen molar-refractivity contribution >= 4 is 42.1 Å². The fourth-order valence-electron chi connectivity index (χ4n) is 5.50. The maximum absolute atomic E-state index is 7.50. The lowest BCUT2D eigenvalue weighted by Gasteiger charge is -2.54. The van der Waals surface area contributed by atoms with Crippen LogP contribution in [0.3, 0.4) is 0 Å². The number of anilines is 1. The van der Waals surface area contributed by atoms with E-state index in [9.17, 15) is 0 Å². The predicted octanol–water partition coefficient (Wildman–Crippen LogP) is 9.45. The van der Waals surface area contributed by atoms with Gasteiger partial charge in [-0.05, 0) is 79.7 Å². The molecule has 1 aliphatic rings. The minimum absolute atomic E-state index is 0.0235. The summed E-state index contributed by atoms with van der Waals surface area (Å²) in [5.74, 6) is 1.01. The molecule has 1 fully saturated rings. The first kappa shape index (κ1) is 41.3.